The van der Waals surface area contributed by atoms with Gasteiger partial charge < -0.3 is 15.2 Å². The van der Waals surface area contributed by atoms with E-state index in [1.165, 1.54) is 17.6 Å². The van der Waals surface area contributed by atoms with Crippen molar-refractivity contribution in [1.29, 1.82) is 0 Å². The van der Waals surface area contributed by atoms with Crippen LogP contribution in [0, 0.1) is 0 Å². The number of thiazole rings is 1. The summed E-state index contributed by atoms with van der Waals surface area (Å²) in [5.41, 5.74) is 10.1. The minimum atomic E-state index is -0.342. The molecule has 0 saturated carbocycles. The Labute approximate surface area is 177 Å². The van der Waals surface area contributed by atoms with Gasteiger partial charge in [0.2, 0.25) is 0 Å². The number of nitrogens with one attached hydrogen (secondary N) is 1. The van der Waals surface area contributed by atoms with Crippen LogP contribution in [0.25, 0.3) is 10.2 Å². The molecule has 0 unspecified atom stereocenters. The van der Waals surface area contributed by atoms with E-state index in [4.69, 9.17) is 26.8 Å². The Hall–Kier alpha value is -2.84. The summed E-state index contributed by atoms with van der Waals surface area (Å²) in [6.07, 6.45) is 1.45. The summed E-state index contributed by atoms with van der Waals surface area (Å²) in [5.74, 6) is 0.669. The van der Waals surface area contributed by atoms with Gasteiger partial charge in [0.1, 0.15) is 0 Å². The molecule has 0 radical (unpaired) electrons. The molecule has 0 bridgehead atoms. The average Bonchev–Trinajstić information content (AvgIpc) is 3.03. The van der Waals surface area contributed by atoms with E-state index in [1.54, 1.807) is 30.3 Å². The molecule has 3 N–H and O–H groups in total. The Morgan fingerprint density at radius 2 is 2.17 bits per heavy atom. The molecule has 0 aliphatic carbocycles. The first kappa shape index (κ1) is 20.9. The number of hydrogen-bond donors (Lipinski definition) is 2. The maximum absolute atomic E-state index is 12.4. The molecule has 1 heterocycles. The minimum absolute atomic E-state index is 0.0447. The maximum atomic E-state index is 12.4. The lowest BCUT2D eigenvalue weighted by molar-refractivity contribution is 0.0955. The summed E-state index contributed by atoms with van der Waals surface area (Å²) < 4.78 is 12.2. The van der Waals surface area contributed by atoms with E-state index in [0.29, 0.717) is 39.4 Å². The Morgan fingerprint density at radius 1 is 1.38 bits per heavy atom. The van der Waals surface area contributed by atoms with E-state index < -0.39 is 0 Å². The molecule has 1 amide bonds. The number of hydrazone groups is 1. The smallest absolute Gasteiger partial charge is 0.271 e. The summed E-state index contributed by atoms with van der Waals surface area (Å²) in [6.45, 7) is 6.16. The molecular weight excluding hydrogens is 412 g/mol. The van der Waals surface area contributed by atoms with Crippen molar-refractivity contribution in [2.24, 2.45) is 5.10 Å². The Kier molecular flexibility index (Phi) is 6.56. The van der Waals surface area contributed by atoms with Gasteiger partial charge in [0.05, 0.1) is 34.2 Å². The quantitative estimate of drug-likeness (QED) is 0.423. The first-order chi connectivity index (χ1) is 13.9. The summed E-state index contributed by atoms with van der Waals surface area (Å²) in [4.78, 5) is 16.5. The van der Waals surface area contributed by atoms with Crippen molar-refractivity contribution >= 4 is 50.4 Å². The first-order valence-corrected chi connectivity index (χ1v) is 10.2. The van der Waals surface area contributed by atoms with E-state index in [9.17, 15) is 4.79 Å². The minimum Gasteiger partial charge on any atom is -0.490 e. The molecule has 9 heteroatoms. The van der Waals surface area contributed by atoms with E-state index in [2.05, 4.69) is 15.5 Å². The average molecular weight is 433 g/mol. The van der Waals surface area contributed by atoms with Crippen molar-refractivity contribution in [3.05, 3.63) is 46.5 Å². The Morgan fingerprint density at radius 3 is 2.90 bits per heavy atom. The van der Waals surface area contributed by atoms with Gasteiger partial charge in [0.15, 0.2) is 16.6 Å². The lowest BCUT2D eigenvalue weighted by Gasteiger charge is -2.16. The molecule has 3 aromatic rings. The number of halogens is 1. The Bertz CT molecular complexity index is 1070. The van der Waals surface area contributed by atoms with Crippen LogP contribution in [0.1, 0.15) is 36.7 Å². The molecule has 0 spiro atoms. The summed E-state index contributed by atoms with van der Waals surface area (Å²) >= 11 is 7.67. The number of benzene rings is 2. The van der Waals surface area contributed by atoms with Gasteiger partial charge in [0, 0.05) is 5.56 Å². The molecule has 3 rings (SSSR count). The number of nitrogen functional groups attached to an aromatic ring is 1. The number of anilines is 1. The van der Waals surface area contributed by atoms with Crippen LogP contribution < -0.4 is 20.6 Å². The zero-order valence-electron chi connectivity index (χ0n) is 16.2. The third kappa shape index (κ3) is 5.16. The fourth-order valence-corrected chi connectivity index (χ4v) is 3.63. The summed E-state index contributed by atoms with van der Waals surface area (Å²) in [5, 5.41) is 4.89. The molecular formula is C20H21ClN4O3S. The van der Waals surface area contributed by atoms with Gasteiger partial charge in [-0.2, -0.15) is 5.10 Å². The fraction of sp³-hybridized carbons (Fsp3) is 0.250. The van der Waals surface area contributed by atoms with E-state index >= 15 is 0 Å². The monoisotopic (exact) mass is 432 g/mol. The molecule has 152 valence electrons. The van der Waals surface area contributed by atoms with E-state index in [0.717, 1.165) is 10.2 Å². The zero-order chi connectivity index (χ0) is 21.0. The maximum Gasteiger partial charge on any atom is 0.271 e. The second-order valence-corrected chi connectivity index (χ2v) is 7.83. The molecule has 2 aromatic carbocycles. The second kappa shape index (κ2) is 9.11. The van der Waals surface area contributed by atoms with Crippen molar-refractivity contribution in [1.82, 2.24) is 10.4 Å². The van der Waals surface area contributed by atoms with Crippen molar-refractivity contribution in [2.45, 2.75) is 26.9 Å². The van der Waals surface area contributed by atoms with Gasteiger partial charge >= 0.3 is 0 Å². The zero-order valence-corrected chi connectivity index (χ0v) is 17.8. The number of nitrogens with zero attached hydrogens (tertiary/aromatic N) is 2. The number of hydrogen-bond acceptors (Lipinski definition) is 7. The van der Waals surface area contributed by atoms with E-state index in [1.807, 2.05) is 20.8 Å². The topological polar surface area (TPSA) is 98.8 Å². The third-order valence-electron chi connectivity index (χ3n) is 3.73. The van der Waals surface area contributed by atoms with Gasteiger partial charge in [0.25, 0.3) is 5.91 Å². The van der Waals surface area contributed by atoms with Crippen LogP contribution in [-0.2, 0) is 0 Å². The standard InChI is InChI=1S/C20H21ClN4O3S/c1-4-27-16-8-12(7-14(21)18(16)28-11(2)3)10-23-25-19(26)13-5-6-15-17(9-13)29-20(22)24-15/h5-11H,4H2,1-3H3,(H2,22,24)(H,25,26)/b23-10-. The van der Waals surface area contributed by atoms with Crippen LogP contribution in [0.15, 0.2) is 35.4 Å². The van der Waals surface area contributed by atoms with Crippen LogP contribution in [0.5, 0.6) is 11.5 Å². The van der Waals surface area contributed by atoms with Crippen molar-refractivity contribution in [2.75, 3.05) is 12.3 Å². The molecule has 0 saturated heterocycles. The molecule has 0 aliphatic rings. The number of rotatable bonds is 7. The van der Waals surface area contributed by atoms with Crippen molar-refractivity contribution in [3.8, 4) is 11.5 Å². The number of amides is 1. The lowest BCUT2D eigenvalue weighted by atomic mass is 10.2. The highest BCUT2D eigenvalue weighted by molar-refractivity contribution is 7.22. The fourth-order valence-electron chi connectivity index (χ4n) is 2.59. The SMILES string of the molecule is CCOc1cc(/C=N\NC(=O)c2ccc3nc(N)sc3c2)cc(Cl)c1OC(C)C. The molecule has 0 aliphatic heterocycles. The predicted molar refractivity (Wildman–Crippen MR) is 117 cm³/mol. The van der Waals surface area contributed by atoms with Crippen LogP contribution in [0.4, 0.5) is 5.13 Å². The number of fused-ring (bicyclic) bond motifs is 1. The molecule has 0 fully saturated rings. The number of aromatic nitrogens is 1. The van der Waals surface area contributed by atoms with E-state index in [-0.39, 0.29) is 12.0 Å². The van der Waals surface area contributed by atoms with Crippen LogP contribution in [0.2, 0.25) is 5.02 Å². The van der Waals surface area contributed by atoms with Crippen molar-refractivity contribution < 1.29 is 14.3 Å². The third-order valence-corrected chi connectivity index (χ3v) is 4.86. The van der Waals surface area contributed by atoms with Gasteiger partial charge in [-0.1, -0.05) is 22.9 Å². The number of nitrogens with two attached hydrogens (primary N) is 1. The predicted octanol–water partition coefficient (Wildman–Crippen LogP) is 4.48. The number of carbonyl (C=O) groups excluding carboxylic acids is 1. The molecule has 1 aromatic heterocycles. The molecule has 7 nitrogen and oxygen atoms in total. The largest absolute Gasteiger partial charge is 0.490 e. The highest BCUT2D eigenvalue weighted by atomic mass is 35.5. The summed E-state index contributed by atoms with van der Waals surface area (Å²) in [7, 11) is 0. The van der Waals surface area contributed by atoms with Crippen LogP contribution in [-0.4, -0.2) is 29.8 Å². The van der Waals surface area contributed by atoms with Gasteiger partial charge in [-0.15, -0.1) is 0 Å². The first-order valence-electron chi connectivity index (χ1n) is 8.99. The van der Waals surface area contributed by atoms with Crippen LogP contribution in [0.3, 0.4) is 0 Å². The van der Waals surface area contributed by atoms with Crippen LogP contribution >= 0.6 is 22.9 Å². The second-order valence-electron chi connectivity index (χ2n) is 6.36. The molecule has 0 atom stereocenters. The normalized spacial score (nSPS) is 11.3. The summed E-state index contributed by atoms with van der Waals surface area (Å²) in [6, 6.07) is 8.62. The highest BCUT2D eigenvalue weighted by Gasteiger charge is 2.14. The Balaban J connectivity index is 1.75. The lowest BCUT2D eigenvalue weighted by Crippen LogP contribution is -2.17. The van der Waals surface area contributed by atoms with Crippen molar-refractivity contribution in [3.63, 3.8) is 0 Å². The van der Waals surface area contributed by atoms with Gasteiger partial charge in [-0.3, -0.25) is 4.79 Å². The number of carbonyl (C=O) groups is 1. The molecule has 29 heavy (non-hydrogen) atoms. The highest BCUT2D eigenvalue weighted by Crippen LogP contribution is 2.37. The number of ether oxygens (including phenoxy) is 2. The van der Waals surface area contributed by atoms with Gasteiger partial charge in [-0.05, 0) is 56.7 Å². The van der Waals surface area contributed by atoms with Gasteiger partial charge in [-0.25, -0.2) is 10.4 Å².